The first kappa shape index (κ1) is 40.3. The standard InChI is InChI=1S/C67H45NO/c1-6-19-46(20-7-1)51-41-52(47-21-8-2-9-22-47)43-57(42-51)68(55-36-33-48(34-37-55)50-35-40-65-62(44-50)60-31-18-30-58(66(60)69-65)49-23-10-3-11-24-49)56-38-39-64-61(45-56)59-29-16-17-32-63(59)67(64,53-25-12-4-13-26-53)54-27-14-5-15-28-54/h1-45H. The second kappa shape index (κ2) is 16.7. The zero-order valence-electron chi connectivity index (χ0n) is 37.8. The fraction of sp³-hybridized carbons (Fsp3) is 0.0149. The van der Waals surface area contributed by atoms with Gasteiger partial charge in [-0.2, -0.15) is 0 Å². The second-order valence-electron chi connectivity index (χ2n) is 18.0. The van der Waals surface area contributed by atoms with Crippen molar-refractivity contribution in [3.8, 4) is 55.6 Å². The molecule has 324 valence electrons. The van der Waals surface area contributed by atoms with Gasteiger partial charge in [0, 0.05) is 33.4 Å². The van der Waals surface area contributed by atoms with Crippen LogP contribution in [0.5, 0.6) is 0 Å². The number of furan rings is 1. The lowest BCUT2D eigenvalue weighted by Crippen LogP contribution is -2.28. The molecule has 1 aromatic heterocycles. The Morgan fingerprint density at radius 3 is 1.42 bits per heavy atom. The van der Waals surface area contributed by atoms with Gasteiger partial charge in [-0.25, -0.2) is 0 Å². The monoisotopic (exact) mass is 879 g/mol. The maximum Gasteiger partial charge on any atom is 0.143 e. The molecule has 0 spiro atoms. The smallest absolute Gasteiger partial charge is 0.143 e. The molecule has 0 saturated heterocycles. The summed E-state index contributed by atoms with van der Waals surface area (Å²) in [6, 6.07) is 99.3. The number of hydrogen-bond donors (Lipinski definition) is 0. The maximum atomic E-state index is 6.57. The number of fused-ring (bicyclic) bond motifs is 6. The van der Waals surface area contributed by atoms with E-state index in [1.165, 1.54) is 44.5 Å². The van der Waals surface area contributed by atoms with Gasteiger partial charge in [-0.1, -0.05) is 218 Å². The zero-order valence-corrected chi connectivity index (χ0v) is 37.8. The van der Waals surface area contributed by atoms with Gasteiger partial charge in [-0.05, 0) is 127 Å². The fourth-order valence-corrected chi connectivity index (χ4v) is 11.0. The molecule has 0 bridgehead atoms. The average molecular weight is 880 g/mol. The molecule has 0 N–H and O–H groups in total. The van der Waals surface area contributed by atoms with Crippen LogP contribution in [0.15, 0.2) is 277 Å². The van der Waals surface area contributed by atoms with E-state index in [0.717, 1.165) is 72.4 Å². The molecule has 0 unspecified atom stereocenters. The Hall–Kier alpha value is -8.98. The largest absolute Gasteiger partial charge is 0.455 e. The number of rotatable bonds is 9. The van der Waals surface area contributed by atoms with E-state index in [-0.39, 0.29) is 0 Å². The Labute approximate surface area is 402 Å². The number of hydrogen-bond acceptors (Lipinski definition) is 2. The predicted octanol–water partition coefficient (Wildman–Crippen LogP) is 18.1. The van der Waals surface area contributed by atoms with Gasteiger partial charge < -0.3 is 9.32 Å². The number of nitrogens with zero attached hydrogens (tertiary/aromatic N) is 1. The molecule has 0 amide bonds. The summed E-state index contributed by atoms with van der Waals surface area (Å²) in [4.78, 5) is 2.44. The molecular formula is C67H45NO. The minimum atomic E-state index is -0.488. The van der Waals surface area contributed by atoms with E-state index < -0.39 is 5.41 Å². The van der Waals surface area contributed by atoms with Crippen molar-refractivity contribution in [1.82, 2.24) is 0 Å². The lowest BCUT2D eigenvalue weighted by atomic mass is 9.68. The zero-order chi connectivity index (χ0) is 45.7. The van der Waals surface area contributed by atoms with Crippen LogP contribution in [0.1, 0.15) is 22.3 Å². The van der Waals surface area contributed by atoms with Crippen LogP contribution in [-0.2, 0) is 5.41 Å². The van der Waals surface area contributed by atoms with Gasteiger partial charge in [0.1, 0.15) is 11.2 Å². The van der Waals surface area contributed by atoms with Crippen LogP contribution in [0.4, 0.5) is 17.1 Å². The topological polar surface area (TPSA) is 16.4 Å². The van der Waals surface area contributed by atoms with E-state index in [2.05, 4.69) is 278 Å². The van der Waals surface area contributed by atoms with Gasteiger partial charge in [0.2, 0.25) is 0 Å². The van der Waals surface area contributed by atoms with Crippen LogP contribution >= 0.6 is 0 Å². The van der Waals surface area contributed by atoms with Gasteiger partial charge in [-0.3, -0.25) is 0 Å². The van der Waals surface area contributed by atoms with Gasteiger partial charge >= 0.3 is 0 Å². The lowest BCUT2D eigenvalue weighted by Gasteiger charge is -2.34. The van der Waals surface area contributed by atoms with E-state index in [1.54, 1.807) is 0 Å². The summed E-state index contributed by atoms with van der Waals surface area (Å²) >= 11 is 0. The summed E-state index contributed by atoms with van der Waals surface area (Å²) in [6.07, 6.45) is 0. The third-order valence-corrected chi connectivity index (χ3v) is 14.1. The van der Waals surface area contributed by atoms with Crippen LogP contribution in [-0.4, -0.2) is 0 Å². The van der Waals surface area contributed by atoms with Crippen LogP contribution in [0.3, 0.4) is 0 Å². The molecule has 12 aromatic rings. The Morgan fingerprint density at radius 1 is 0.275 bits per heavy atom. The Bertz CT molecular complexity index is 3710. The first-order valence-electron chi connectivity index (χ1n) is 23.7. The molecule has 1 aliphatic carbocycles. The summed E-state index contributed by atoms with van der Waals surface area (Å²) in [7, 11) is 0. The molecule has 11 aromatic carbocycles. The maximum absolute atomic E-state index is 6.57. The van der Waals surface area contributed by atoms with Crippen molar-refractivity contribution >= 4 is 39.0 Å². The van der Waals surface area contributed by atoms with Crippen molar-refractivity contribution in [2.24, 2.45) is 0 Å². The number of benzene rings is 11. The van der Waals surface area contributed by atoms with E-state index >= 15 is 0 Å². The van der Waals surface area contributed by atoms with Crippen molar-refractivity contribution in [2.75, 3.05) is 4.90 Å². The summed E-state index contributed by atoms with van der Waals surface area (Å²) in [6.45, 7) is 0. The van der Waals surface area contributed by atoms with Gasteiger partial charge in [-0.15, -0.1) is 0 Å². The normalized spacial score (nSPS) is 12.5. The summed E-state index contributed by atoms with van der Waals surface area (Å²) < 4.78 is 6.57. The molecule has 0 radical (unpaired) electrons. The van der Waals surface area contributed by atoms with Gasteiger partial charge in [0.15, 0.2) is 0 Å². The van der Waals surface area contributed by atoms with Crippen molar-refractivity contribution < 1.29 is 4.42 Å². The van der Waals surface area contributed by atoms with E-state index in [1.807, 2.05) is 0 Å². The minimum absolute atomic E-state index is 0.488. The molecule has 2 nitrogen and oxygen atoms in total. The Morgan fingerprint density at radius 2 is 0.783 bits per heavy atom. The second-order valence-corrected chi connectivity index (χ2v) is 18.0. The minimum Gasteiger partial charge on any atom is -0.455 e. The Balaban J connectivity index is 0.992. The molecule has 1 aliphatic rings. The third kappa shape index (κ3) is 6.80. The first-order valence-corrected chi connectivity index (χ1v) is 23.7. The highest BCUT2D eigenvalue weighted by molar-refractivity contribution is 6.10. The fourth-order valence-electron chi connectivity index (χ4n) is 11.0. The molecule has 0 saturated carbocycles. The first-order chi connectivity index (χ1) is 34.2. The molecule has 13 rings (SSSR count). The summed E-state index contributed by atoms with van der Waals surface area (Å²) in [5.74, 6) is 0. The SMILES string of the molecule is c1ccc(-c2cc(-c3ccccc3)cc(N(c3ccc(-c4ccc5oc6c(-c7ccccc7)cccc6c5c4)cc3)c3ccc4c(c3)-c3ccccc3C4(c3ccccc3)c3ccccc3)c2)cc1. The van der Waals surface area contributed by atoms with Crippen molar-refractivity contribution in [1.29, 1.82) is 0 Å². The molecule has 0 atom stereocenters. The molecule has 0 aliphatic heterocycles. The third-order valence-electron chi connectivity index (χ3n) is 14.1. The lowest BCUT2D eigenvalue weighted by molar-refractivity contribution is 0.670. The van der Waals surface area contributed by atoms with E-state index in [9.17, 15) is 0 Å². The quantitative estimate of drug-likeness (QED) is 0.144. The molecule has 2 heteroatoms. The number of para-hydroxylation sites is 1. The highest BCUT2D eigenvalue weighted by Gasteiger charge is 2.46. The van der Waals surface area contributed by atoms with Crippen LogP contribution in [0.2, 0.25) is 0 Å². The molecule has 1 heterocycles. The molecular weight excluding hydrogens is 835 g/mol. The van der Waals surface area contributed by atoms with E-state index in [4.69, 9.17) is 4.42 Å². The van der Waals surface area contributed by atoms with Crippen LogP contribution < -0.4 is 4.90 Å². The van der Waals surface area contributed by atoms with Gasteiger partial charge in [0.05, 0.1) is 5.41 Å². The molecule has 69 heavy (non-hydrogen) atoms. The van der Waals surface area contributed by atoms with Crippen molar-refractivity contribution in [3.05, 3.63) is 295 Å². The Kier molecular flexibility index (Phi) is 9.77. The predicted molar refractivity (Wildman–Crippen MR) is 287 cm³/mol. The van der Waals surface area contributed by atoms with Crippen LogP contribution in [0.25, 0.3) is 77.6 Å². The highest BCUT2D eigenvalue weighted by atomic mass is 16.3. The van der Waals surface area contributed by atoms with Crippen molar-refractivity contribution in [2.45, 2.75) is 5.41 Å². The molecule has 0 fully saturated rings. The highest BCUT2D eigenvalue weighted by Crippen LogP contribution is 2.57. The van der Waals surface area contributed by atoms with Crippen LogP contribution in [0, 0.1) is 0 Å². The number of anilines is 3. The summed E-state index contributed by atoms with van der Waals surface area (Å²) in [5, 5.41) is 2.22. The average Bonchev–Trinajstić information content (AvgIpc) is 3.96. The van der Waals surface area contributed by atoms with Crippen molar-refractivity contribution in [3.63, 3.8) is 0 Å². The van der Waals surface area contributed by atoms with E-state index in [0.29, 0.717) is 0 Å². The van der Waals surface area contributed by atoms with Gasteiger partial charge in [0.25, 0.3) is 0 Å². The summed E-state index contributed by atoms with van der Waals surface area (Å²) in [5.41, 5.74) is 21.3.